The number of ketones is 1. The van der Waals surface area contributed by atoms with Gasteiger partial charge >= 0.3 is 0 Å². The fraction of sp³-hybridized carbons (Fsp3) is 0.625. The number of rotatable bonds is 6. The Morgan fingerprint density at radius 3 is 2.55 bits per heavy atom. The van der Waals surface area contributed by atoms with Crippen LogP contribution in [0.1, 0.15) is 25.7 Å². The van der Waals surface area contributed by atoms with Crippen molar-refractivity contribution >= 4 is 29.0 Å². The van der Waals surface area contributed by atoms with Crippen LogP contribution < -0.4 is 0 Å². The minimum absolute atomic E-state index is 0.197. The molecule has 2 radical (unpaired) electrons. The van der Waals surface area contributed by atoms with Gasteiger partial charge in [0.1, 0.15) is 0 Å². The summed E-state index contributed by atoms with van der Waals surface area (Å²) in [5.74, 6) is -0.197. The monoisotopic (exact) mass is 194 g/mol. The lowest BCUT2D eigenvalue weighted by Gasteiger charge is -1.98. The Balaban J connectivity index is 3.18. The number of alkyl halides is 2. The zero-order chi connectivity index (χ0) is 8.69. The van der Waals surface area contributed by atoms with Gasteiger partial charge in [-0.3, -0.25) is 4.79 Å². The molecule has 0 fully saturated rings. The number of halogens is 2. The first-order valence-corrected chi connectivity index (χ1v) is 4.50. The van der Waals surface area contributed by atoms with Crippen LogP contribution >= 0.6 is 23.2 Å². The summed E-state index contributed by atoms with van der Waals surface area (Å²) >= 11 is 10.6. The summed E-state index contributed by atoms with van der Waals surface area (Å²) in [5.41, 5.74) is 0. The molecule has 64 valence electrons. The number of hydrogen-bond acceptors (Lipinski definition) is 1. The molecule has 1 nitrogen and oxygen atoms in total. The van der Waals surface area contributed by atoms with Crippen molar-refractivity contribution in [2.24, 2.45) is 0 Å². The molecule has 0 spiro atoms. The third-order valence-corrected chi connectivity index (χ3v) is 1.69. The zero-order valence-corrected chi connectivity index (χ0v) is 7.87. The molecular formula is C8H12Cl2O. The van der Waals surface area contributed by atoms with E-state index in [1.165, 1.54) is 0 Å². The van der Waals surface area contributed by atoms with Crippen molar-refractivity contribution in [3.63, 3.8) is 0 Å². The normalized spacial score (nSPS) is 10.5. The summed E-state index contributed by atoms with van der Waals surface area (Å²) in [5, 5.41) is 0. The van der Waals surface area contributed by atoms with Crippen LogP contribution in [0.2, 0.25) is 0 Å². The van der Waals surface area contributed by atoms with Crippen molar-refractivity contribution in [1.82, 2.24) is 0 Å². The molecule has 0 aromatic carbocycles. The summed E-state index contributed by atoms with van der Waals surface area (Å²) < 4.78 is 0. The maximum atomic E-state index is 10.8. The molecule has 0 aliphatic carbocycles. The van der Waals surface area contributed by atoms with Gasteiger partial charge in [-0.1, -0.05) is 49.4 Å². The van der Waals surface area contributed by atoms with Crippen molar-refractivity contribution in [2.75, 3.05) is 0 Å². The van der Waals surface area contributed by atoms with Gasteiger partial charge in [0.25, 0.3) is 0 Å². The van der Waals surface area contributed by atoms with E-state index >= 15 is 0 Å². The van der Waals surface area contributed by atoms with Gasteiger partial charge in [-0.2, -0.15) is 0 Å². The first-order chi connectivity index (χ1) is 5.18. The van der Waals surface area contributed by atoms with Crippen LogP contribution in [-0.4, -0.2) is 10.6 Å². The van der Waals surface area contributed by atoms with Crippen LogP contribution in [0, 0.1) is 13.3 Å². The molecule has 3 heteroatoms. The second-order valence-corrected chi connectivity index (χ2v) is 3.35. The van der Waals surface area contributed by atoms with E-state index in [0.29, 0.717) is 0 Å². The second kappa shape index (κ2) is 6.93. The topological polar surface area (TPSA) is 17.1 Å². The highest BCUT2D eigenvalue weighted by Crippen LogP contribution is 2.09. The average Bonchev–Trinajstić information content (AvgIpc) is 1.97. The molecule has 11 heavy (non-hydrogen) atoms. The van der Waals surface area contributed by atoms with E-state index in [-0.39, 0.29) is 5.78 Å². The Morgan fingerprint density at radius 1 is 1.45 bits per heavy atom. The maximum absolute atomic E-state index is 10.8. The summed E-state index contributed by atoms with van der Waals surface area (Å²) in [7, 11) is 0. The molecule has 0 aromatic heterocycles. The fourth-order valence-electron chi connectivity index (χ4n) is 0.655. The van der Waals surface area contributed by atoms with Gasteiger partial charge in [0.15, 0.2) is 10.6 Å². The van der Waals surface area contributed by atoms with E-state index in [9.17, 15) is 4.79 Å². The lowest BCUT2D eigenvalue weighted by molar-refractivity contribution is -0.114. The lowest BCUT2D eigenvalue weighted by atomic mass is 10.1. The minimum Gasteiger partial charge on any atom is -0.296 e. The predicted molar refractivity (Wildman–Crippen MR) is 48.6 cm³/mol. The van der Waals surface area contributed by atoms with Crippen molar-refractivity contribution in [3.8, 4) is 0 Å². The summed E-state index contributed by atoms with van der Waals surface area (Å²) in [6.07, 6.45) is 5.23. The van der Waals surface area contributed by atoms with E-state index in [4.69, 9.17) is 23.2 Å². The van der Waals surface area contributed by atoms with Crippen LogP contribution in [0.25, 0.3) is 0 Å². The van der Waals surface area contributed by atoms with Crippen LogP contribution in [-0.2, 0) is 4.79 Å². The second-order valence-electron chi connectivity index (χ2n) is 2.26. The van der Waals surface area contributed by atoms with E-state index in [2.05, 4.69) is 6.92 Å². The van der Waals surface area contributed by atoms with Crippen LogP contribution in [0.5, 0.6) is 0 Å². The molecular weight excluding hydrogens is 183 g/mol. The molecule has 0 aliphatic heterocycles. The number of hydrogen-bond donors (Lipinski definition) is 0. The highest BCUT2D eigenvalue weighted by Gasteiger charge is 2.10. The smallest absolute Gasteiger partial charge is 0.169 e. The first kappa shape index (κ1) is 11.2. The van der Waals surface area contributed by atoms with Crippen molar-refractivity contribution in [1.29, 1.82) is 0 Å². The number of Topliss-reactive ketones (excluding diaryl/α,β-unsaturated/α-hetero) is 1. The molecule has 0 saturated heterocycles. The van der Waals surface area contributed by atoms with Gasteiger partial charge < -0.3 is 0 Å². The van der Waals surface area contributed by atoms with Crippen molar-refractivity contribution < 1.29 is 4.79 Å². The maximum Gasteiger partial charge on any atom is 0.169 e. The first-order valence-electron chi connectivity index (χ1n) is 3.63. The summed E-state index contributed by atoms with van der Waals surface area (Å²) in [6.45, 7) is 3.69. The number of unbranched alkanes of at least 4 members (excludes halogenated alkanes) is 3. The third-order valence-electron chi connectivity index (χ3n) is 1.26. The van der Waals surface area contributed by atoms with Gasteiger partial charge in [0.2, 0.25) is 0 Å². The Hall–Kier alpha value is 0.250. The molecule has 0 heterocycles. The lowest BCUT2D eigenvalue weighted by Crippen LogP contribution is -2.07. The quantitative estimate of drug-likeness (QED) is 0.470. The van der Waals surface area contributed by atoms with Gasteiger partial charge in [-0.15, -0.1) is 0 Å². The SMILES string of the molecule is [CH2]CCCC[CH]C(=O)C(Cl)Cl. The van der Waals surface area contributed by atoms with Gasteiger partial charge in [0, 0.05) is 6.42 Å². The van der Waals surface area contributed by atoms with Gasteiger partial charge in [0.05, 0.1) is 0 Å². The van der Waals surface area contributed by atoms with E-state index in [0.717, 1.165) is 25.7 Å². The number of carbonyl (C=O) groups is 1. The highest BCUT2D eigenvalue weighted by atomic mass is 35.5. The van der Waals surface area contributed by atoms with E-state index in [1.807, 2.05) is 0 Å². The Labute approximate surface area is 78.1 Å². The highest BCUT2D eigenvalue weighted by molar-refractivity contribution is 6.54. The molecule has 0 bridgehead atoms. The van der Waals surface area contributed by atoms with Crippen LogP contribution in [0.4, 0.5) is 0 Å². The molecule has 0 atom stereocenters. The Morgan fingerprint density at radius 2 is 2.09 bits per heavy atom. The molecule has 0 saturated carbocycles. The zero-order valence-electron chi connectivity index (χ0n) is 6.35. The minimum atomic E-state index is -0.894. The number of carbonyl (C=O) groups excluding carboxylic acids is 1. The largest absolute Gasteiger partial charge is 0.296 e. The van der Waals surface area contributed by atoms with Crippen molar-refractivity contribution in [2.45, 2.75) is 30.5 Å². The molecule has 0 rings (SSSR count). The standard InChI is InChI=1S/C8H12Cl2O/c1-2-3-4-5-6-7(11)8(9)10/h6,8H,1-5H2. The van der Waals surface area contributed by atoms with Crippen LogP contribution in [0.15, 0.2) is 0 Å². The van der Waals surface area contributed by atoms with Crippen molar-refractivity contribution in [3.05, 3.63) is 13.3 Å². The molecule has 0 N–H and O–H groups in total. The van der Waals surface area contributed by atoms with E-state index < -0.39 is 4.84 Å². The predicted octanol–water partition coefficient (Wildman–Crippen LogP) is 2.96. The average molecular weight is 195 g/mol. The Kier molecular flexibility index (Phi) is 7.09. The molecule has 0 aromatic rings. The van der Waals surface area contributed by atoms with Gasteiger partial charge in [-0.25, -0.2) is 0 Å². The van der Waals surface area contributed by atoms with E-state index in [1.54, 1.807) is 6.42 Å². The summed E-state index contributed by atoms with van der Waals surface area (Å²) in [4.78, 5) is 9.88. The molecule has 0 amide bonds. The fourth-order valence-corrected chi connectivity index (χ4v) is 0.833. The Bertz CT molecular complexity index is 113. The van der Waals surface area contributed by atoms with Crippen LogP contribution in [0.3, 0.4) is 0 Å². The third kappa shape index (κ3) is 6.64. The molecule has 0 aliphatic rings. The van der Waals surface area contributed by atoms with Gasteiger partial charge in [-0.05, 0) is 6.42 Å². The summed E-state index contributed by atoms with van der Waals surface area (Å²) in [6, 6.07) is 0. The molecule has 0 unspecified atom stereocenters.